The summed E-state index contributed by atoms with van der Waals surface area (Å²) in [6, 6.07) is 13.6. The fraction of sp³-hybridized carbons (Fsp3) is 0.462. The zero-order valence-electron chi connectivity index (χ0n) is 19.1. The number of amides is 2. The molecule has 1 aliphatic carbocycles. The first-order chi connectivity index (χ1) is 16.0. The molecule has 0 aromatic heterocycles. The molecule has 6 nitrogen and oxygen atoms in total. The smallest absolute Gasteiger partial charge is 0.255 e. The van der Waals surface area contributed by atoms with Crippen LogP contribution in [0.25, 0.3) is 0 Å². The van der Waals surface area contributed by atoms with Crippen LogP contribution in [-0.4, -0.2) is 43.0 Å². The second-order valence-corrected chi connectivity index (χ2v) is 9.44. The summed E-state index contributed by atoms with van der Waals surface area (Å²) in [6.45, 7) is 2.60. The third-order valence-corrected chi connectivity index (χ3v) is 6.94. The van der Waals surface area contributed by atoms with Gasteiger partial charge in [-0.3, -0.25) is 14.5 Å². The van der Waals surface area contributed by atoms with Crippen LogP contribution in [0.5, 0.6) is 5.75 Å². The fourth-order valence-corrected chi connectivity index (χ4v) is 5.00. The number of rotatable bonds is 7. The van der Waals surface area contributed by atoms with Crippen LogP contribution in [0.1, 0.15) is 54.4 Å². The van der Waals surface area contributed by atoms with Crippen LogP contribution in [0.15, 0.2) is 42.5 Å². The van der Waals surface area contributed by atoms with Crippen LogP contribution in [0, 0.1) is 5.92 Å². The van der Waals surface area contributed by atoms with Crippen molar-refractivity contribution in [2.24, 2.45) is 5.92 Å². The fourth-order valence-electron chi connectivity index (χ4n) is 4.79. The molecule has 7 heteroatoms. The monoisotopic (exact) mass is 469 g/mol. The number of carbonyl (C=O) groups is 2. The standard InChI is InChI=1S/C26H32ClN3O3/c1-33-24-15-23(29-25(31)19-10-6-3-7-11-19)22(27)14-21(24)26(32)28-20-12-13-30(17-20)16-18-8-4-2-5-9-18/h2,4-5,8-9,14-15,19-20H,3,6-7,10-13,16-17H2,1H3,(H,28,32)(H,29,31)/t20-/m0/s1. The molecular weight excluding hydrogens is 438 g/mol. The Bertz CT molecular complexity index is 976. The highest BCUT2D eigenvalue weighted by molar-refractivity contribution is 6.34. The predicted molar refractivity (Wildman–Crippen MR) is 131 cm³/mol. The first-order valence-electron chi connectivity index (χ1n) is 11.8. The van der Waals surface area contributed by atoms with E-state index in [1.165, 1.54) is 19.1 Å². The van der Waals surface area contributed by atoms with Gasteiger partial charge in [0.2, 0.25) is 5.91 Å². The van der Waals surface area contributed by atoms with Crippen molar-refractivity contribution < 1.29 is 14.3 Å². The van der Waals surface area contributed by atoms with Crippen molar-refractivity contribution in [3.05, 3.63) is 58.6 Å². The Balaban J connectivity index is 1.38. The van der Waals surface area contributed by atoms with E-state index in [2.05, 4.69) is 27.7 Å². The van der Waals surface area contributed by atoms with E-state index in [1.54, 1.807) is 12.1 Å². The highest BCUT2D eigenvalue weighted by Crippen LogP contribution is 2.33. The number of hydrogen-bond acceptors (Lipinski definition) is 4. The van der Waals surface area contributed by atoms with Crippen molar-refractivity contribution in [2.45, 2.75) is 51.1 Å². The molecule has 1 atom stereocenters. The summed E-state index contributed by atoms with van der Waals surface area (Å²) >= 11 is 6.46. The van der Waals surface area contributed by atoms with Crippen molar-refractivity contribution in [2.75, 3.05) is 25.5 Å². The van der Waals surface area contributed by atoms with E-state index in [1.807, 2.05) is 18.2 Å². The Morgan fingerprint density at radius 3 is 2.58 bits per heavy atom. The summed E-state index contributed by atoms with van der Waals surface area (Å²) in [5, 5.41) is 6.39. The lowest BCUT2D eigenvalue weighted by Gasteiger charge is -2.21. The van der Waals surface area contributed by atoms with Crippen LogP contribution < -0.4 is 15.4 Å². The van der Waals surface area contributed by atoms with Gasteiger partial charge >= 0.3 is 0 Å². The number of halogens is 1. The summed E-state index contributed by atoms with van der Waals surface area (Å²) in [4.78, 5) is 28.0. The molecule has 0 spiro atoms. The van der Waals surface area contributed by atoms with Gasteiger partial charge in [-0.1, -0.05) is 61.2 Å². The van der Waals surface area contributed by atoms with Crippen LogP contribution in [0.3, 0.4) is 0 Å². The number of benzene rings is 2. The first kappa shape index (κ1) is 23.6. The van der Waals surface area contributed by atoms with Crippen molar-refractivity contribution in [3.8, 4) is 5.75 Å². The van der Waals surface area contributed by atoms with E-state index in [0.717, 1.165) is 51.7 Å². The van der Waals surface area contributed by atoms with E-state index in [9.17, 15) is 9.59 Å². The minimum Gasteiger partial charge on any atom is -0.496 e. The SMILES string of the molecule is COc1cc(NC(=O)C2CCCCC2)c(Cl)cc1C(=O)N[C@H]1CCN(Cc2ccccc2)C1. The number of methoxy groups -OCH3 is 1. The Morgan fingerprint density at radius 2 is 1.85 bits per heavy atom. The number of anilines is 1. The quantitative estimate of drug-likeness (QED) is 0.606. The number of carbonyl (C=O) groups excluding carboxylic acids is 2. The molecule has 1 heterocycles. The Kier molecular flexibility index (Phi) is 7.89. The number of ether oxygens (including phenoxy) is 1. The summed E-state index contributed by atoms with van der Waals surface area (Å²) in [6.07, 6.45) is 6.06. The maximum Gasteiger partial charge on any atom is 0.255 e. The molecule has 0 unspecified atom stereocenters. The molecule has 2 amide bonds. The molecule has 2 aromatic rings. The Morgan fingerprint density at radius 1 is 1.09 bits per heavy atom. The van der Waals surface area contributed by atoms with E-state index >= 15 is 0 Å². The normalized spacial score (nSPS) is 19.3. The molecule has 1 aliphatic heterocycles. The van der Waals surface area contributed by atoms with Gasteiger partial charge in [0.05, 0.1) is 23.4 Å². The van der Waals surface area contributed by atoms with Gasteiger partial charge in [0.25, 0.3) is 5.91 Å². The third kappa shape index (κ3) is 6.06. The van der Waals surface area contributed by atoms with Crippen LogP contribution >= 0.6 is 11.6 Å². The number of likely N-dealkylation sites (tertiary alicyclic amines) is 1. The Hall–Kier alpha value is -2.57. The average Bonchev–Trinajstić information content (AvgIpc) is 3.27. The molecule has 2 aromatic carbocycles. The number of hydrogen-bond donors (Lipinski definition) is 2. The topological polar surface area (TPSA) is 70.7 Å². The zero-order valence-corrected chi connectivity index (χ0v) is 19.9. The summed E-state index contributed by atoms with van der Waals surface area (Å²) in [5.41, 5.74) is 2.12. The molecule has 2 fully saturated rings. The second kappa shape index (κ2) is 11.0. The molecule has 176 valence electrons. The van der Waals surface area contributed by atoms with Gasteiger partial charge in [-0.25, -0.2) is 0 Å². The Labute approximate surface area is 200 Å². The van der Waals surface area contributed by atoms with Crippen LogP contribution in [0.4, 0.5) is 5.69 Å². The van der Waals surface area contributed by atoms with Crippen molar-refractivity contribution in [1.82, 2.24) is 10.2 Å². The zero-order chi connectivity index (χ0) is 23.2. The van der Waals surface area contributed by atoms with Gasteiger partial charge in [0, 0.05) is 37.7 Å². The van der Waals surface area contributed by atoms with Gasteiger partial charge in [-0.2, -0.15) is 0 Å². The summed E-state index contributed by atoms with van der Waals surface area (Å²) in [7, 11) is 1.52. The van der Waals surface area contributed by atoms with Crippen molar-refractivity contribution in [3.63, 3.8) is 0 Å². The van der Waals surface area contributed by atoms with Gasteiger partial charge in [0.15, 0.2) is 0 Å². The van der Waals surface area contributed by atoms with Crippen molar-refractivity contribution >= 4 is 29.1 Å². The largest absolute Gasteiger partial charge is 0.496 e. The average molecular weight is 470 g/mol. The highest BCUT2D eigenvalue weighted by atomic mass is 35.5. The molecule has 1 saturated heterocycles. The van der Waals surface area contributed by atoms with E-state index in [0.29, 0.717) is 22.0 Å². The van der Waals surface area contributed by atoms with E-state index < -0.39 is 0 Å². The lowest BCUT2D eigenvalue weighted by molar-refractivity contribution is -0.120. The first-order valence-corrected chi connectivity index (χ1v) is 12.2. The van der Waals surface area contributed by atoms with Gasteiger partial charge in [-0.05, 0) is 30.9 Å². The molecule has 0 bridgehead atoms. The van der Waals surface area contributed by atoms with Gasteiger partial charge < -0.3 is 15.4 Å². The lowest BCUT2D eigenvalue weighted by atomic mass is 9.88. The third-order valence-electron chi connectivity index (χ3n) is 6.62. The van der Waals surface area contributed by atoms with Gasteiger partial charge in [0.1, 0.15) is 5.75 Å². The molecule has 33 heavy (non-hydrogen) atoms. The molecule has 0 radical (unpaired) electrons. The molecule has 4 rings (SSSR count). The van der Waals surface area contributed by atoms with E-state index in [4.69, 9.17) is 16.3 Å². The summed E-state index contributed by atoms with van der Waals surface area (Å²) in [5.74, 6) is 0.186. The van der Waals surface area contributed by atoms with Gasteiger partial charge in [-0.15, -0.1) is 0 Å². The molecule has 2 N–H and O–H groups in total. The predicted octanol–water partition coefficient (Wildman–Crippen LogP) is 4.87. The molecule has 1 saturated carbocycles. The van der Waals surface area contributed by atoms with E-state index in [-0.39, 0.29) is 23.8 Å². The molecular formula is C26H32ClN3O3. The second-order valence-electron chi connectivity index (χ2n) is 9.04. The maximum atomic E-state index is 13.0. The lowest BCUT2D eigenvalue weighted by Crippen LogP contribution is -2.37. The van der Waals surface area contributed by atoms with Crippen LogP contribution in [-0.2, 0) is 11.3 Å². The summed E-state index contributed by atoms with van der Waals surface area (Å²) < 4.78 is 5.47. The minimum atomic E-state index is -0.217. The number of nitrogens with one attached hydrogen (secondary N) is 2. The number of nitrogens with zero attached hydrogens (tertiary/aromatic N) is 1. The highest BCUT2D eigenvalue weighted by Gasteiger charge is 2.27. The maximum absolute atomic E-state index is 13.0. The minimum absolute atomic E-state index is 0.0136. The molecule has 2 aliphatic rings. The van der Waals surface area contributed by atoms with Crippen molar-refractivity contribution in [1.29, 1.82) is 0 Å². The van der Waals surface area contributed by atoms with Crippen LogP contribution in [0.2, 0.25) is 5.02 Å².